The van der Waals surface area contributed by atoms with Crippen molar-refractivity contribution in [1.29, 1.82) is 0 Å². The number of alkyl halides is 1. The van der Waals surface area contributed by atoms with Gasteiger partial charge >= 0.3 is 0 Å². The average Bonchev–Trinajstić information content (AvgIpc) is 2.51. The highest BCUT2D eigenvalue weighted by molar-refractivity contribution is 9.09. The molecule has 112 valence electrons. The van der Waals surface area contributed by atoms with Crippen LogP contribution in [0.5, 0.6) is 0 Å². The van der Waals surface area contributed by atoms with Crippen LogP contribution in [0.4, 0.5) is 0 Å². The molecule has 0 amide bonds. The number of hydrogen-bond acceptors (Lipinski definition) is 1. The Bertz CT molecular complexity index is 759. The van der Waals surface area contributed by atoms with Crippen molar-refractivity contribution in [3.63, 3.8) is 0 Å². The number of fused-ring (bicyclic) bond motifs is 1. The van der Waals surface area contributed by atoms with Gasteiger partial charge in [-0.05, 0) is 23.3 Å². The predicted octanol–water partition coefficient (Wildman–Crippen LogP) is 5.88. The van der Waals surface area contributed by atoms with Crippen molar-refractivity contribution in [2.45, 2.75) is 24.1 Å². The van der Waals surface area contributed by atoms with E-state index in [0.29, 0.717) is 5.02 Å². The third-order valence-electron chi connectivity index (χ3n) is 4.08. The van der Waals surface area contributed by atoms with Gasteiger partial charge in [-0.25, -0.2) is 0 Å². The van der Waals surface area contributed by atoms with E-state index in [1.54, 1.807) is 0 Å². The van der Waals surface area contributed by atoms with Crippen molar-refractivity contribution in [1.82, 2.24) is 0 Å². The molecule has 0 radical (unpaired) electrons. The zero-order valence-corrected chi connectivity index (χ0v) is 14.8. The predicted molar refractivity (Wildman–Crippen MR) is 95.0 cm³/mol. The molecule has 0 bridgehead atoms. The zero-order chi connectivity index (χ0) is 15.9. The average molecular weight is 376 g/mol. The summed E-state index contributed by atoms with van der Waals surface area (Å²) in [6, 6.07) is 15.4. The first kappa shape index (κ1) is 15.5. The minimum Gasteiger partial charge on any atom is -0.289 e. The molecule has 0 heterocycles. The Morgan fingerprint density at radius 1 is 1.05 bits per heavy atom. The normalized spacial score (nSPS) is 17.6. The van der Waals surface area contributed by atoms with E-state index in [-0.39, 0.29) is 16.0 Å². The largest absolute Gasteiger partial charge is 0.289 e. The Balaban J connectivity index is 2.06. The molecular formula is C19H16BrClO. The summed E-state index contributed by atoms with van der Waals surface area (Å²) in [7, 11) is 0. The molecule has 0 unspecified atom stereocenters. The van der Waals surface area contributed by atoms with Crippen LogP contribution in [-0.4, -0.2) is 5.78 Å². The summed E-state index contributed by atoms with van der Waals surface area (Å²) in [5.41, 5.74) is 3.52. The minimum atomic E-state index is -0.168. The third-order valence-corrected chi connectivity index (χ3v) is 5.35. The Morgan fingerprint density at radius 3 is 2.36 bits per heavy atom. The van der Waals surface area contributed by atoms with E-state index < -0.39 is 0 Å². The quantitative estimate of drug-likeness (QED) is 0.599. The van der Waals surface area contributed by atoms with Crippen LogP contribution in [-0.2, 0) is 5.41 Å². The van der Waals surface area contributed by atoms with Gasteiger partial charge in [0.15, 0.2) is 5.78 Å². The second kappa shape index (κ2) is 5.68. The number of carbonyl (C=O) groups is 1. The van der Waals surface area contributed by atoms with Gasteiger partial charge in [0.25, 0.3) is 0 Å². The van der Waals surface area contributed by atoms with Gasteiger partial charge in [0.2, 0.25) is 0 Å². The first-order valence-electron chi connectivity index (χ1n) is 7.16. The van der Waals surface area contributed by atoms with Gasteiger partial charge in [0, 0.05) is 21.6 Å². The molecule has 0 N–H and O–H groups in total. The maximum absolute atomic E-state index is 12.9. The molecule has 1 aliphatic carbocycles. The topological polar surface area (TPSA) is 17.1 Å². The first-order chi connectivity index (χ1) is 10.4. The van der Waals surface area contributed by atoms with Gasteiger partial charge in [-0.3, -0.25) is 4.79 Å². The third kappa shape index (κ3) is 2.66. The van der Waals surface area contributed by atoms with E-state index in [1.165, 1.54) is 0 Å². The second-order valence-electron chi connectivity index (χ2n) is 6.11. The first-order valence-corrected chi connectivity index (χ1v) is 8.46. The molecule has 3 heteroatoms. The molecule has 22 heavy (non-hydrogen) atoms. The number of carbonyl (C=O) groups excluding carboxylic acids is 1. The molecule has 2 aromatic rings. The highest BCUT2D eigenvalue weighted by Crippen LogP contribution is 2.42. The van der Waals surface area contributed by atoms with Gasteiger partial charge in [-0.1, -0.05) is 83.9 Å². The summed E-state index contributed by atoms with van der Waals surface area (Å²) in [5.74, 6) is 0.0896. The molecule has 3 rings (SSSR count). The molecule has 0 saturated carbocycles. The smallest absolute Gasteiger partial charge is 0.190 e. The summed E-state index contributed by atoms with van der Waals surface area (Å²) < 4.78 is 0. The summed E-state index contributed by atoms with van der Waals surface area (Å²) in [6.45, 7) is 4.28. The van der Waals surface area contributed by atoms with Crippen molar-refractivity contribution in [2.24, 2.45) is 0 Å². The van der Waals surface area contributed by atoms with Crippen LogP contribution >= 0.6 is 27.5 Å². The Labute approximate surface area is 144 Å². The van der Waals surface area contributed by atoms with Gasteiger partial charge < -0.3 is 0 Å². The number of allylic oxidation sites excluding steroid dienone is 2. The molecule has 1 aliphatic rings. The maximum Gasteiger partial charge on any atom is 0.190 e. The Kier molecular flexibility index (Phi) is 4.00. The Morgan fingerprint density at radius 2 is 1.68 bits per heavy atom. The van der Waals surface area contributed by atoms with Crippen LogP contribution < -0.4 is 0 Å². The molecule has 1 nitrogen and oxygen atoms in total. The summed E-state index contributed by atoms with van der Waals surface area (Å²) >= 11 is 9.63. The minimum absolute atomic E-state index is 0.0896. The van der Waals surface area contributed by atoms with Crippen molar-refractivity contribution >= 4 is 33.3 Å². The number of Topliss-reactive ketones (excluding diaryl/α,β-unsaturated/α-hetero) is 1. The van der Waals surface area contributed by atoms with Crippen LogP contribution in [0.25, 0.3) is 0 Å². The van der Waals surface area contributed by atoms with E-state index in [1.807, 2.05) is 48.5 Å². The summed E-state index contributed by atoms with van der Waals surface area (Å²) in [6.07, 6.45) is 2.08. The number of benzene rings is 2. The monoisotopic (exact) mass is 374 g/mol. The fourth-order valence-corrected chi connectivity index (χ4v) is 3.70. The van der Waals surface area contributed by atoms with E-state index >= 15 is 0 Å². The van der Waals surface area contributed by atoms with Crippen LogP contribution in [0.1, 0.15) is 40.2 Å². The molecular weight excluding hydrogens is 360 g/mol. The van der Waals surface area contributed by atoms with Crippen LogP contribution in [0.3, 0.4) is 0 Å². The van der Waals surface area contributed by atoms with Crippen molar-refractivity contribution in [3.05, 3.63) is 81.9 Å². The van der Waals surface area contributed by atoms with E-state index in [2.05, 4.69) is 35.9 Å². The highest BCUT2D eigenvalue weighted by atomic mass is 79.9. The molecule has 1 atom stereocenters. The van der Waals surface area contributed by atoms with Crippen LogP contribution in [0.15, 0.2) is 60.2 Å². The zero-order valence-electron chi connectivity index (χ0n) is 12.4. The van der Waals surface area contributed by atoms with Gasteiger partial charge in [0.05, 0.1) is 4.83 Å². The Hall–Kier alpha value is -1.38. The lowest BCUT2D eigenvalue weighted by Gasteiger charge is -2.31. The fraction of sp³-hybridized carbons (Fsp3) is 0.211. The van der Waals surface area contributed by atoms with E-state index in [9.17, 15) is 4.79 Å². The number of halogens is 2. The second-order valence-corrected chi connectivity index (χ2v) is 7.46. The molecule has 0 fully saturated rings. The van der Waals surface area contributed by atoms with Crippen LogP contribution in [0, 0.1) is 0 Å². The lowest BCUT2D eigenvalue weighted by molar-refractivity contribution is 0.102. The van der Waals surface area contributed by atoms with Crippen molar-refractivity contribution in [3.8, 4) is 0 Å². The summed E-state index contributed by atoms with van der Waals surface area (Å²) in [5, 5.41) is 0.693. The van der Waals surface area contributed by atoms with Crippen LogP contribution in [0.2, 0.25) is 5.02 Å². The highest BCUT2D eigenvalue weighted by Gasteiger charge is 2.34. The standard InChI is InChI=1S/C19H16BrClO/c1-19(2)11-15(17(20)12-7-9-13(21)10-8-12)18(22)14-5-3-4-6-16(14)19/h3-11,17H,1-2H3/t17-/m0/s1. The number of ketones is 1. The number of hydrogen-bond donors (Lipinski definition) is 0. The van der Waals surface area contributed by atoms with E-state index in [4.69, 9.17) is 11.6 Å². The SMILES string of the molecule is CC1(C)C=C([C@@H](Br)c2ccc(Cl)cc2)C(=O)c2ccccc21. The van der Waals surface area contributed by atoms with Crippen molar-refractivity contribution in [2.75, 3.05) is 0 Å². The molecule has 0 saturated heterocycles. The lowest BCUT2D eigenvalue weighted by atomic mass is 9.73. The fourth-order valence-electron chi connectivity index (χ4n) is 2.93. The molecule has 0 aliphatic heterocycles. The lowest BCUT2D eigenvalue weighted by Crippen LogP contribution is -2.27. The van der Waals surface area contributed by atoms with Gasteiger partial charge in [0.1, 0.15) is 0 Å². The molecule has 0 spiro atoms. The van der Waals surface area contributed by atoms with Gasteiger partial charge in [-0.15, -0.1) is 0 Å². The molecule has 2 aromatic carbocycles. The maximum atomic E-state index is 12.9. The summed E-state index contributed by atoms with van der Waals surface area (Å²) in [4.78, 5) is 12.7. The van der Waals surface area contributed by atoms with E-state index in [0.717, 1.165) is 22.3 Å². The van der Waals surface area contributed by atoms with Crippen molar-refractivity contribution < 1.29 is 4.79 Å². The number of rotatable bonds is 2. The van der Waals surface area contributed by atoms with Gasteiger partial charge in [-0.2, -0.15) is 0 Å². The molecule has 0 aromatic heterocycles.